The molecule has 96 valence electrons. The summed E-state index contributed by atoms with van der Waals surface area (Å²) in [6.45, 7) is 0.564. The third-order valence-corrected chi connectivity index (χ3v) is 2.92. The van der Waals surface area contributed by atoms with Crippen molar-refractivity contribution in [2.75, 3.05) is 26.1 Å². The Balaban J connectivity index is 2.23. The van der Waals surface area contributed by atoms with Crippen molar-refractivity contribution < 1.29 is 9.47 Å². The first kappa shape index (κ1) is 13.1. The summed E-state index contributed by atoms with van der Waals surface area (Å²) < 4.78 is 10.3. The highest BCUT2D eigenvalue weighted by molar-refractivity contribution is 6.31. The highest BCUT2D eigenvalue weighted by atomic mass is 35.5. The van der Waals surface area contributed by atoms with Gasteiger partial charge in [-0.05, 0) is 24.3 Å². The summed E-state index contributed by atoms with van der Waals surface area (Å²) in [7, 11) is 3.22. The fourth-order valence-electron chi connectivity index (χ4n) is 1.73. The summed E-state index contributed by atoms with van der Waals surface area (Å²) in [6, 6.07) is 7.55. The van der Waals surface area contributed by atoms with E-state index in [1.54, 1.807) is 20.4 Å². The molecule has 1 aromatic heterocycles. The predicted octanol–water partition coefficient (Wildman–Crippen LogP) is 2.92. The number of nitrogens with one attached hydrogen (secondary N) is 1. The van der Waals surface area contributed by atoms with E-state index in [-0.39, 0.29) is 6.29 Å². The molecule has 0 radical (unpaired) electrons. The number of rotatable bonds is 5. The summed E-state index contributed by atoms with van der Waals surface area (Å²) >= 11 is 5.94. The Labute approximate surface area is 111 Å². The third-order valence-electron chi connectivity index (χ3n) is 2.69. The van der Waals surface area contributed by atoms with Crippen molar-refractivity contribution in [2.24, 2.45) is 0 Å². The Bertz CT molecular complexity index is 529. The standard InChI is InChI=1S/C13H15ClN2O2/c1-17-13(18-2)8-16-11-5-6-15-12-7-9(14)3-4-10(11)12/h3-7,13H,8H2,1-2H3,(H,15,16). The van der Waals surface area contributed by atoms with Gasteiger partial charge < -0.3 is 14.8 Å². The molecule has 1 heterocycles. The molecule has 18 heavy (non-hydrogen) atoms. The molecule has 0 fully saturated rings. The molecule has 0 amide bonds. The van der Waals surface area contributed by atoms with Gasteiger partial charge in [0.1, 0.15) is 0 Å². The molecule has 0 aliphatic rings. The van der Waals surface area contributed by atoms with Gasteiger partial charge in [0.25, 0.3) is 0 Å². The van der Waals surface area contributed by atoms with Gasteiger partial charge in [-0.25, -0.2) is 0 Å². The van der Waals surface area contributed by atoms with Crippen molar-refractivity contribution in [1.29, 1.82) is 0 Å². The van der Waals surface area contributed by atoms with Crippen LogP contribution >= 0.6 is 11.6 Å². The van der Waals surface area contributed by atoms with Crippen molar-refractivity contribution in [3.63, 3.8) is 0 Å². The van der Waals surface area contributed by atoms with Crippen molar-refractivity contribution in [3.8, 4) is 0 Å². The minimum absolute atomic E-state index is 0.277. The lowest BCUT2D eigenvalue weighted by molar-refractivity contribution is -0.0913. The Morgan fingerprint density at radius 1 is 1.28 bits per heavy atom. The summed E-state index contributed by atoms with van der Waals surface area (Å²) in [4.78, 5) is 4.28. The van der Waals surface area contributed by atoms with Crippen LogP contribution in [0.3, 0.4) is 0 Å². The van der Waals surface area contributed by atoms with E-state index in [4.69, 9.17) is 21.1 Å². The number of hydrogen-bond donors (Lipinski definition) is 1. The Morgan fingerprint density at radius 3 is 2.78 bits per heavy atom. The number of pyridine rings is 1. The van der Waals surface area contributed by atoms with Crippen molar-refractivity contribution >= 4 is 28.2 Å². The topological polar surface area (TPSA) is 43.4 Å². The number of anilines is 1. The molecular weight excluding hydrogens is 252 g/mol. The van der Waals surface area contributed by atoms with Crippen LogP contribution in [0.25, 0.3) is 10.9 Å². The minimum atomic E-state index is -0.277. The highest BCUT2D eigenvalue weighted by Crippen LogP contribution is 2.24. The van der Waals surface area contributed by atoms with Crippen LogP contribution in [0.4, 0.5) is 5.69 Å². The van der Waals surface area contributed by atoms with Crippen molar-refractivity contribution in [3.05, 3.63) is 35.5 Å². The maximum absolute atomic E-state index is 5.94. The lowest BCUT2D eigenvalue weighted by atomic mass is 10.2. The monoisotopic (exact) mass is 266 g/mol. The van der Waals surface area contributed by atoms with Gasteiger partial charge in [-0.2, -0.15) is 0 Å². The maximum atomic E-state index is 5.94. The zero-order valence-electron chi connectivity index (χ0n) is 10.3. The van der Waals surface area contributed by atoms with E-state index < -0.39 is 0 Å². The van der Waals surface area contributed by atoms with E-state index in [2.05, 4.69) is 10.3 Å². The predicted molar refractivity (Wildman–Crippen MR) is 73.0 cm³/mol. The van der Waals surface area contributed by atoms with Crippen LogP contribution in [0.1, 0.15) is 0 Å². The number of benzene rings is 1. The van der Waals surface area contributed by atoms with Gasteiger partial charge in [-0.1, -0.05) is 11.6 Å². The Hall–Kier alpha value is -1.36. The van der Waals surface area contributed by atoms with E-state index in [1.165, 1.54) is 0 Å². The molecule has 5 heteroatoms. The molecule has 4 nitrogen and oxygen atoms in total. The lowest BCUT2D eigenvalue weighted by Crippen LogP contribution is -2.23. The number of halogens is 1. The van der Waals surface area contributed by atoms with Crippen LogP contribution in [0.2, 0.25) is 5.02 Å². The van der Waals surface area contributed by atoms with Crippen LogP contribution in [-0.2, 0) is 9.47 Å². The normalized spacial score (nSPS) is 11.1. The molecule has 1 aromatic carbocycles. The van der Waals surface area contributed by atoms with Crippen LogP contribution in [0, 0.1) is 0 Å². The SMILES string of the molecule is COC(CNc1ccnc2cc(Cl)ccc12)OC. The van der Waals surface area contributed by atoms with Crippen LogP contribution in [0.15, 0.2) is 30.5 Å². The first-order valence-corrected chi connectivity index (χ1v) is 5.96. The van der Waals surface area contributed by atoms with Gasteiger partial charge in [0.05, 0.1) is 12.1 Å². The van der Waals surface area contributed by atoms with Gasteiger partial charge in [0, 0.05) is 36.5 Å². The zero-order valence-corrected chi connectivity index (χ0v) is 11.1. The molecule has 1 N–H and O–H groups in total. The molecule has 0 atom stereocenters. The van der Waals surface area contributed by atoms with Gasteiger partial charge in [0.2, 0.25) is 0 Å². The molecule has 0 saturated carbocycles. The van der Waals surface area contributed by atoms with E-state index in [0.29, 0.717) is 11.6 Å². The fraction of sp³-hybridized carbons (Fsp3) is 0.308. The van der Waals surface area contributed by atoms with Crippen LogP contribution in [0.5, 0.6) is 0 Å². The third kappa shape index (κ3) is 2.90. The molecule has 0 saturated heterocycles. The second-order valence-corrected chi connectivity index (χ2v) is 4.24. The quantitative estimate of drug-likeness (QED) is 0.845. The molecule has 2 aromatic rings. The molecule has 2 rings (SSSR count). The summed E-state index contributed by atoms with van der Waals surface area (Å²) in [5, 5.41) is 4.98. The zero-order chi connectivity index (χ0) is 13.0. The first-order valence-electron chi connectivity index (χ1n) is 5.58. The average molecular weight is 267 g/mol. The van der Waals surface area contributed by atoms with Crippen LogP contribution < -0.4 is 5.32 Å². The van der Waals surface area contributed by atoms with Gasteiger partial charge in [0.15, 0.2) is 6.29 Å². The van der Waals surface area contributed by atoms with E-state index in [9.17, 15) is 0 Å². The number of fused-ring (bicyclic) bond motifs is 1. The smallest absolute Gasteiger partial charge is 0.173 e. The molecule has 0 bridgehead atoms. The van der Waals surface area contributed by atoms with Crippen LogP contribution in [-0.4, -0.2) is 32.0 Å². The maximum Gasteiger partial charge on any atom is 0.173 e. The summed E-state index contributed by atoms with van der Waals surface area (Å²) in [5.74, 6) is 0. The molecule has 0 aliphatic carbocycles. The minimum Gasteiger partial charge on any atom is -0.379 e. The number of hydrogen-bond acceptors (Lipinski definition) is 4. The molecule has 0 spiro atoms. The van der Waals surface area contributed by atoms with Crippen molar-refractivity contribution in [1.82, 2.24) is 4.98 Å². The van der Waals surface area contributed by atoms with E-state index in [1.807, 2.05) is 24.3 Å². The second kappa shape index (κ2) is 6.00. The molecule has 0 aliphatic heterocycles. The van der Waals surface area contributed by atoms with Gasteiger partial charge >= 0.3 is 0 Å². The number of ether oxygens (including phenoxy) is 2. The lowest BCUT2D eigenvalue weighted by Gasteiger charge is -2.15. The molecular formula is C13H15ClN2O2. The van der Waals surface area contributed by atoms with Crippen molar-refractivity contribution in [2.45, 2.75) is 6.29 Å². The van der Waals surface area contributed by atoms with Gasteiger partial charge in [-0.15, -0.1) is 0 Å². The van der Waals surface area contributed by atoms with Gasteiger partial charge in [-0.3, -0.25) is 4.98 Å². The van der Waals surface area contributed by atoms with E-state index in [0.717, 1.165) is 16.6 Å². The first-order chi connectivity index (χ1) is 8.74. The number of nitrogens with zero attached hydrogens (tertiary/aromatic N) is 1. The summed E-state index contributed by atoms with van der Waals surface area (Å²) in [5.41, 5.74) is 1.84. The second-order valence-electron chi connectivity index (χ2n) is 3.80. The average Bonchev–Trinajstić information content (AvgIpc) is 2.39. The fourth-order valence-corrected chi connectivity index (χ4v) is 1.90. The highest BCUT2D eigenvalue weighted by Gasteiger charge is 2.07. The summed E-state index contributed by atoms with van der Waals surface area (Å²) in [6.07, 6.45) is 1.47. The number of aromatic nitrogens is 1. The van der Waals surface area contributed by atoms with E-state index >= 15 is 0 Å². The Morgan fingerprint density at radius 2 is 2.06 bits per heavy atom. The largest absolute Gasteiger partial charge is 0.379 e. The molecule has 0 unspecified atom stereocenters. The number of methoxy groups -OCH3 is 2. The Kier molecular flexibility index (Phi) is 4.36.